The molecule has 1 aromatic carbocycles. The standard InChI is InChI=1S/C17H9Cl2N3O4S/c18-8-3-4-9(10(19)6-8)13-12(14(23)11-2-1-5-26-11)15(24)16(25)22(13)17-21-20-7-27-17/h1-7,13,24H. The van der Waals surface area contributed by atoms with Crippen LogP contribution in [0.4, 0.5) is 5.13 Å². The van der Waals surface area contributed by atoms with Crippen LogP contribution in [0.5, 0.6) is 0 Å². The minimum absolute atomic E-state index is 0.0152. The second-order valence-electron chi connectivity index (χ2n) is 5.53. The van der Waals surface area contributed by atoms with Gasteiger partial charge in [-0.2, -0.15) is 0 Å². The predicted octanol–water partition coefficient (Wildman–Crippen LogP) is 4.22. The van der Waals surface area contributed by atoms with Gasteiger partial charge in [-0.25, -0.2) is 0 Å². The van der Waals surface area contributed by atoms with E-state index < -0.39 is 23.5 Å². The molecular formula is C17H9Cl2N3O4S. The van der Waals surface area contributed by atoms with Gasteiger partial charge in [0.15, 0.2) is 11.5 Å². The zero-order chi connectivity index (χ0) is 19.1. The fourth-order valence-corrected chi connectivity index (χ4v) is 3.96. The van der Waals surface area contributed by atoms with Gasteiger partial charge in [-0.3, -0.25) is 14.5 Å². The number of carbonyl (C=O) groups is 2. The van der Waals surface area contributed by atoms with E-state index in [1.807, 2.05) is 0 Å². The molecule has 0 bridgehead atoms. The van der Waals surface area contributed by atoms with E-state index in [0.29, 0.717) is 10.6 Å². The number of nitrogens with zero attached hydrogens (tertiary/aromatic N) is 3. The Labute approximate surface area is 166 Å². The van der Waals surface area contributed by atoms with Crippen LogP contribution in [-0.2, 0) is 4.79 Å². The van der Waals surface area contributed by atoms with Gasteiger partial charge in [-0.05, 0) is 29.8 Å². The molecule has 0 saturated heterocycles. The number of anilines is 1. The molecule has 0 saturated carbocycles. The number of ketones is 1. The number of hydrogen-bond donors (Lipinski definition) is 1. The molecule has 0 aliphatic carbocycles. The van der Waals surface area contributed by atoms with Gasteiger partial charge in [0, 0.05) is 10.0 Å². The first-order valence-corrected chi connectivity index (χ1v) is 9.18. The lowest BCUT2D eigenvalue weighted by atomic mass is 9.95. The van der Waals surface area contributed by atoms with Gasteiger partial charge < -0.3 is 9.52 Å². The van der Waals surface area contributed by atoms with Gasteiger partial charge in [-0.15, -0.1) is 10.2 Å². The lowest BCUT2D eigenvalue weighted by molar-refractivity contribution is -0.117. The molecule has 2 aromatic heterocycles. The summed E-state index contributed by atoms with van der Waals surface area (Å²) in [5, 5.41) is 18.9. The van der Waals surface area contributed by atoms with Gasteiger partial charge in [0.25, 0.3) is 5.91 Å². The Bertz CT molecular complexity index is 1060. The maximum atomic E-state index is 12.9. The first kappa shape index (κ1) is 17.7. The predicted molar refractivity (Wildman–Crippen MR) is 99.3 cm³/mol. The number of aliphatic hydroxyl groups excluding tert-OH is 1. The largest absolute Gasteiger partial charge is 0.503 e. The smallest absolute Gasteiger partial charge is 0.296 e. The van der Waals surface area contributed by atoms with E-state index >= 15 is 0 Å². The van der Waals surface area contributed by atoms with Crippen LogP contribution in [0.1, 0.15) is 22.2 Å². The van der Waals surface area contributed by atoms with Crippen LogP contribution in [0.2, 0.25) is 10.0 Å². The topological polar surface area (TPSA) is 96.5 Å². The van der Waals surface area contributed by atoms with Crippen molar-refractivity contribution < 1.29 is 19.1 Å². The molecular weight excluding hydrogens is 413 g/mol. The van der Waals surface area contributed by atoms with E-state index in [1.165, 1.54) is 34.9 Å². The van der Waals surface area contributed by atoms with Crippen LogP contribution in [0, 0.1) is 0 Å². The van der Waals surface area contributed by atoms with E-state index in [9.17, 15) is 14.7 Å². The highest BCUT2D eigenvalue weighted by molar-refractivity contribution is 7.13. The third-order valence-electron chi connectivity index (χ3n) is 4.01. The molecule has 3 aromatic rings. The molecule has 0 spiro atoms. The SMILES string of the molecule is O=C(C1=C(O)C(=O)N(c2nncs2)C1c1ccc(Cl)cc1Cl)c1ccco1. The van der Waals surface area contributed by atoms with Crippen LogP contribution in [0.25, 0.3) is 0 Å². The molecule has 27 heavy (non-hydrogen) atoms. The minimum atomic E-state index is -1.01. The maximum absolute atomic E-state index is 12.9. The van der Waals surface area contributed by atoms with Gasteiger partial charge in [-0.1, -0.05) is 40.6 Å². The van der Waals surface area contributed by atoms with E-state index in [2.05, 4.69) is 10.2 Å². The number of hydrogen-bond acceptors (Lipinski definition) is 7. The summed E-state index contributed by atoms with van der Waals surface area (Å²) >= 11 is 13.4. The van der Waals surface area contributed by atoms with E-state index in [-0.39, 0.29) is 21.5 Å². The van der Waals surface area contributed by atoms with Crippen LogP contribution >= 0.6 is 34.5 Å². The zero-order valence-corrected chi connectivity index (χ0v) is 15.6. The van der Waals surface area contributed by atoms with Gasteiger partial charge in [0.2, 0.25) is 10.9 Å². The first-order chi connectivity index (χ1) is 13.0. The number of halogens is 2. The lowest BCUT2D eigenvalue weighted by Gasteiger charge is -2.24. The number of benzene rings is 1. The summed E-state index contributed by atoms with van der Waals surface area (Å²) in [4.78, 5) is 26.9. The fourth-order valence-electron chi connectivity index (χ4n) is 2.86. The third-order valence-corrected chi connectivity index (χ3v) is 5.26. The molecule has 4 rings (SSSR count). The van der Waals surface area contributed by atoms with Crippen molar-refractivity contribution in [1.29, 1.82) is 0 Å². The average molecular weight is 422 g/mol. The molecule has 7 nitrogen and oxygen atoms in total. The molecule has 1 N–H and O–H groups in total. The van der Waals surface area contributed by atoms with Crippen molar-refractivity contribution in [3.63, 3.8) is 0 Å². The summed E-state index contributed by atoms with van der Waals surface area (Å²) < 4.78 is 5.15. The first-order valence-electron chi connectivity index (χ1n) is 7.55. The monoisotopic (exact) mass is 421 g/mol. The number of amides is 1. The second kappa shape index (κ2) is 6.80. The number of aromatic nitrogens is 2. The number of Topliss-reactive ketones (excluding diaryl/α,β-unsaturated/α-hetero) is 1. The second-order valence-corrected chi connectivity index (χ2v) is 7.19. The van der Waals surface area contributed by atoms with E-state index in [1.54, 1.807) is 12.1 Å². The summed E-state index contributed by atoms with van der Waals surface area (Å²) in [6.07, 6.45) is 1.33. The van der Waals surface area contributed by atoms with Crippen molar-refractivity contribution in [2.24, 2.45) is 0 Å². The van der Waals surface area contributed by atoms with E-state index in [0.717, 1.165) is 11.3 Å². The van der Waals surface area contributed by atoms with Gasteiger partial charge in [0.05, 0.1) is 17.9 Å². The molecule has 0 radical (unpaired) electrons. The van der Waals surface area contributed by atoms with Crippen molar-refractivity contribution in [1.82, 2.24) is 10.2 Å². The van der Waals surface area contributed by atoms with Crippen LogP contribution < -0.4 is 4.90 Å². The third kappa shape index (κ3) is 2.91. The quantitative estimate of drug-likeness (QED) is 0.633. The Morgan fingerprint density at radius 1 is 1.30 bits per heavy atom. The highest BCUT2D eigenvalue weighted by Crippen LogP contribution is 2.44. The summed E-state index contributed by atoms with van der Waals surface area (Å²) in [6, 6.07) is 6.63. The molecule has 1 atom stereocenters. The summed E-state index contributed by atoms with van der Waals surface area (Å²) in [7, 11) is 0. The Kier molecular flexibility index (Phi) is 4.47. The minimum Gasteiger partial charge on any atom is -0.503 e. The Hall–Kier alpha value is -2.68. The van der Waals surface area contributed by atoms with Crippen molar-refractivity contribution in [2.75, 3.05) is 4.90 Å². The molecule has 1 unspecified atom stereocenters. The van der Waals surface area contributed by atoms with Crippen molar-refractivity contribution in [2.45, 2.75) is 6.04 Å². The van der Waals surface area contributed by atoms with Crippen molar-refractivity contribution in [3.05, 3.63) is 74.8 Å². The Balaban J connectivity index is 1.92. The van der Waals surface area contributed by atoms with Crippen LogP contribution in [0.15, 0.2) is 57.9 Å². The summed E-state index contributed by atoms with van der Waals surface area (Å²) in [6.45, 7) is 0. The Morgan fingerprint density at radius 2 is 2.11 bits per heavy atom. The number of carbonyl (C=O) groups excluding carboxylic acids is 2. The summed E-state index contributed by atoms with van der Waals surface area (Å²) in [5.41, 5.74) is 1.69. The van der Waals surface area contributed by atoms with Crippen molar-refractivity contribution >= 4 is 51.4 Å². The fraction of sp³-hybridized carbons (Fsp3) is 0.0588. The highest BCUT2D eigenvalue weighted by atomic mass is 35.5. The van der Waals surface area contributed by atoms with E-state index in [4.69, 9.17) is 27.6 Å². The maximum Gasteiger partial charge on any atom is 0.296 e. The van der Waals surface area contributed by atoms with Gasteiger partial charge in [0.1, 0.15) is 5.51 Å². The normalized spacial score (nSPS) is 17.0. The van der Waals surface area contributed by atoms with Crippen molar-refractivity contribution in [3.8, 4) is 0 Å². The average Bonchev–Trinajstić information content (AvgIpc) is 3.37. The lowest BCUT2D eigenvalue weighted by Crippen LogP contribution is -2.31. The molecule has 10 heteroatoms. The molecule has 1 aliphatic rings. The number of rotatable bonds is 4. The molecule has 3 heterocycles. The molecule has 1 amide bonds. The highest BCUT2D eigenvalue weighted by Gasteiger charge is 2.47. The molecule has 136 valence electrons. The molecule has 0 fully saturated rings. The van der Waals surface area contributed by atoms with Crippen LogP contribution in [0.3, 0.4) is 0 Å². The number of furan rings is 1. The summed E-state index contributed by atoms with van der Waals surface area (Å²) in [5.74, 6) is -2.12. The molecule has 1 aliphatic heterocycles. The van der Waals surface area contributed by atoms with Gasteiger partial charge >= 0.3 is 0 Å². The van der Waals surface area contributed by atoms with Crippen LogP contribution in [-0.4, -0.2) is 27.0 Å². The Morgan fingerprint density at radius 3 is 2.74 bits per heavy atom. The number of aliphatic hydroxyl groups is 1. The zero-order valence-electron chi connectivity index (χ0n) is 13.3.